The monoisotopic (exact) mass is 280 g/mol. The van der Waals surface area contributed by atoms with Crippen LogP contribution in [0.1, 0.15) is 35.6 Å². The van der Waals surface area contributed by atoms with Gasteiger partial charge >= 0.3 is 0 Å². The number of nitrogens with two attached hydrogens (primary N) is 1. The summed E-state index contributed by atoms with van der Waals surface area (Å²) in [6.45, 7) is 1.96. The molecule has 0 saturated carbocycles. The maximum atomic E-state index is 12.0. The maximum Gasteiger partial charge on any atom is 0.234 e. The molecule has 1 heterocycles. The molecule has 1 amide bonds. The van der Waals surface area contributed by atoms with E-state index in [2.05, 4.69) is 18.2 Å². The number of carbonyl (C=O) groups excluding carboxylic acids is 1. The van der Waals surface area contributed by atoms with E-state index >= 15 is 0 Å². The third-order valence-corrected chi connectivity index (χ3v) is 4.31. The standard InChI is InChI=1S/C18H20N2O/c1-12-15-11-14(8-9-17(15)20(2)18(12)21)16(19)10-13-6-4-3-5-7-13/h3-9,11-12,16H,10,19H2,1-2H3. The fourth-order valence-electron chi connectivity index (χ4n) is 2.98. The predicted molar refractivity (Wildman–Crippen MR) is 85.3 cm³/mol. The fraction of sp³-hybridized carbons (Fsp3) is 0.278. The first-order valence-corrected chi connectivity index (χ1v) is 7.29. The van der Waals surface area contributed by atoms with Crippen LogP contribution in [0.15, 0.2) is 48.5 Å². The Kier molecular flexibility index (Phi) is 3.52. The first-order valence-electron chi connectivity index (χ1n) is 7.29. The summed E-state index contributed by atoms with van der Waals surface area (Å²) < 4.78 is 0. The van der Waals surface area contributed by atoms with Crippen molar-refractivity contribution in [3.8, 4) is 0 Å². The van der Waals surface area contributed by atoms with Crippen molar-refractivity contribution in [2.24, 2.45) is 5.73 Å². The Morgan fingerprint density at radius 3 is 2.62 bits per heavy atom. The van der Waals surface area contributed by atoms with Crippen molar-refractivity contribution in [2.45, 2.75) is 25.3 Å². The number of hydrogen-bond acceptors (Lipinski definition) is 2. The molecule has 1 aliphatic heterocycles. The Bertz CT molecular complexity index is 666. The van der Waals surface area contributed by atoms with Crippen LogP contribution in [0.25, 0.3) is 0 Å². The van der Waals surface area contributed by atoms with Crippen LogP contribution < -0.4 is 10.6 Å². The van der Waals surface area contributed by atoms with Crippen LogP contribution in [0.2, 0.25) is 0 Å². The number of likely N-dealkylation sites (N-methyl/N-ethyl adjacent to an activating group) is 1. The van der Waals surface area contributed by atoms with E-state index in [4.69, 9.17) is 5.73 Å². The van der Waals surface area contributed by atoms with Gasteiger partial charge in [-0.05, 0) is 36.1 Å². The van der Waals surface area contributed by atoms with Gasteiger partial charge in [-0.1, -0.05) is 42.5 Å². The summed E-state index contributed by atoms with van der Waals surface area (Å²) in [5, 5.41) is 0. The highest BCUT2D eigenvalue weighted by atomic mass is 16.2. The molecule has 3 nitrogen and oxygen atoms in total. The number of anilines is 1. The second-order valence-electron chi connectivity index (χ2n) is 5.73. The molecule has 21 heavy (non-hydrogen) atoms. The fourth-order valence-corrected chi connectivity index (χ4v) is 2.98. The van der Waals surface area contributed by atoms with Crippen LogP contribution in [0.5, 0.6) is 0 Å². The SMILES string of the molecule is CC1C(=O)N(C)c2ccc(C(N)Cc3ccccc3)cc21. The summed E-state index contributed by atoms with van der Waals surface area (Å²) in [5.74, 6) is 0.0765. The number of rotatable bonds is 3. The van der Waals surface area contributed by atoms with Gasteiger partial charge in [-0.25, -0.2) is 0 Å². The summed E-state index contributed by atoms with van der Waals surface area (Å²) in [4.78, 5) is 13.8. The van der Waals surface area contributed by atoms with Gasteiger partial charge in [0, 0.05) is 18.8 Å². The second-order valence-corrected chi connectivity index (χ2v) is 5.73. The minimum Gasteiger partial charge on any atom is -0.324 e. The van der Waals surface area contributed by atoms with Gasteiger partial charge < -0.3 is 10.6 Å². The number of carbonyl (C=O) groups is 1. The van der Waals surface area contributed by atoms with Crippen molar-refractivity contribution in [2.75, 3.05) is 11.9 Å². The molecule has 0 saturated heterocycles. The zero-order valence-corrected chi connectivity index (χ0v) is 12.4. The predicted octanol–water partition coefficient (Wildman–Crippen LogP) is 3.01. The zero-order chi connectivity index (χ0) is 15.0. The van der Waals surface area contributed by atoms with Crippen molar-refractivity contribution in [3.05, 3.63) is 65.2 Å². The molecule has 0 bridgehead atoms. The van der Waals surface area contributed by atoms with Crippen LogP contribution in [-0.2, 0) is 11.2 Å². The van der Waals surface area contributed by atoms with Crippen molar-refractivity contribution in [1.29, 1.82) is 0 Å². The second kappa shape index (κ2) is 5.34. The summed E-state index contributed by atoms with van der Waals surface area (Å²) in [6.07, 6.45) is 0.803. The van der Waals surface area contributed by atoms with Crippen LogP contribution in [0.4, 0.5) is 5.69 Å². The summed E-state index contributed by atoms with van der Waals surface area (Å²) in [5.41, 5.74) is 10.7. The van der Waals surface area contributed by atoms with Crippen LogP contribution in [0.3, 0.4) is 0 Å². The van der Waals surface area contributed by atoms with E-state index in [1.165, 1.54) is 5.56 Å². The lowest BCUT2D eigenvalue weighted by Crippen LogP contribution is -2.22. The number of nitrogens with zero attached hydrogens (tertiary/aromatic N) is 1. The van der Waals surface area contributed by atoms with E-state index < -0.39 is 0 Å². The number of amides is 1. The molecule has 0 spiro atoms. The van der Waals surface area contributed by atoms with Crippen LogP contribution in [0, 0.1) is 0 Å². The average molecular weight is 280 g/mol. The van der Waals surface area contributed by atoms with E-state index in [1.54, 1.807) is 4.90 Å². The third kappa shape index (κ3) is 2.45. The molecule has 2 N–H and O–H groups in total. The van der Waals surface area contributed by atoms with Crippen molar-refractivity contribution < 1.29 is 4.79 Å². The Balaban J connectivity index is 1.86. The van der Waals surface area contributed by atoms with Gasteiger partial charge in [-0.2, -0.15) is 0 Å². The normalized spacial score (nSPS) is 18.7. The van der Waals surface area contributed by atoms with Crippen LogP contribution in [-0.4, -0.2) is 13.0 Å². The molecule has 1 aliphatic rings. The number of hydrogen-bond donors (Lipinski definition) is 1. The quantitative estimate of drug-likeness (QED) is 0.939. The molecule has 3 heteroatoms. The Labute approximate surface area is 125 Å². The van der Waals surface area contributed by atoms with E-state index in [1.807, 2.05) is 44.3 Å². The average Bonchev–Trinajstić information content (AvgIpc) is 2.73. The summed E-state index contributed by atoms with van der Waals surface area (Å²) in [6, 6.07) is 16.3. The number of fused-ring (bicyclic) bond motifs is 1. The topological polar surface area (TPSA) is 46.3 Å². The molecule has 108 valence electrons. The maximum absolute atomic E-state index is 12.0. The highest BCUT2D eigenvalue weighted by Gasteiger charge is 2.31. The van der Waals surface area contributed by atoms with Gasteiger partial charge in [0.25, 0.3) is 0 Å². The Morgan fingerprint density at radius 2 is 1.90 bits per heavy atom. The molecule has 0 aliphatic carbocycles. The van der Waals surface area contributed by atoms with Crippen LogP contribution >= 0.6 is 0 Å². The van der Waals surface area contributed by atoms with Gasteiger partial charge in [-0.15, -0.1) is 0 Å². The lowest BCUT2D eigenvalue weighted by atomic mass is 9.94. The van der Waals surface area contributed by atoms with Gasteiger partial charge in [0.1, 0.15) is 0 Å². The third-order valence-electron chi connectivity index (χ3n) is 4.31. The molecule has 2 unspecified atom stereocenters. The van der Waals surface area contributed by atoms with E-state index in [0.717, 1.165) is 23.2 Å². The Hall–Kier alpha value is -2.13. The first kappa shape index (κ1) is 13.8. The molecule has 0 radical (unpaired) electrons. The smallest absolute Gasteiger partial charge is 0.234 e. The molecule has 2 atom stereocenters. The molecule has 0 fully saturated rings. The molecule has 0 aromatic heterocycles. The highest BCUT2D eigenvalue weighted by molar-refractivity contribution is 6.04. The largest absolute Gasteiger partial charge is 0.324 e. The highest BCUT2D eigenvalue weighted by Crippen LogP contribution is 2.37. The van der Waals surface area contributed by atoms with Gasteiger partial charge in [0.05, 0.1) is 5.92 Å². The van der Waals surface area contributed by atoms with Crippen molar-refractivity contribution >= 4 is 11.6 Å². The molecular formula is C18H20N2O. The van der Waals surface area contributed by atoms with Crippen molar-refractivity contribution in [1.82, 2.24) is 0 Å². The Morgan fingerprint density at radius 1 is 1.19 bits per heavy atom. The molecule has 2 aromatic carbocycles. The summed E-state index contributed by atoms with van der Waals surface area (Å²) >= 11 is 0. The van der Waals surface area contributed by atoms with E-state index in [0.29, 0.717) is 0 Å². The molecular weight excluding hydrogens is 260 g/mol. The molecule has 2 aromatic rings. The van der Waals surface area contributed by atoms with Gasteiger partial charge in [0.2, 0.25) is 5.91 Å². The minimum atomic E-state index is -0.0751. The lowest BCUT2D eigenvalue weighted by Gasteiger charge is -2.15. The first-order chi connectivity index (χ1) is 10.1. The zero-order valence-electron chi connectivity index (χ0n) is 12.4. The van der Waals surface area contributed by atoms with Crippen molar-refractivity contribution in [3.63, 3.8) is 0 Å². The van der Waals surface area contributed by atoms with E-state index in [-0.39, 0.29) is 17.9 Å². The van der Waals surface area contributed by atoms with Gasteiger partial charge in [0.15, 0.2) is 0 Å². The molecule has 3 rings (SSSR count). The van der Waals surface area contributed by atoms with E-state index in [9.17, 15) is 4.79 Å². The number of benzene rings is 2. The minimum absolute atomic E-state index is 0.0501. The lowest BCUT2D eigenvalue weighted by molar-refractivity contribution is -0.118. The van der Waals surface area contributed by atoms with Gasteiger partial charge in [-0.3, -0.25) is 4.79 Å². The summed E-state index contributed by atoms with van der Waals surface area (Å²) in [7, 11) is 1.83.